The quantitative estimate of drug-likeness (QED) is 0.195. The standard InChI is InChI=1S/C33H35N3O3/c1-38-30-18-16-24(21-31(30)39-2)22-33(37)34-19-9-3-4-14-32-35-28-12-7-8-13-29(28)36(32)23-25-15-17-26-10-5-6-11-27(26)20-25/h5-8,10-13,15-18,20-21H,3-4,9,14,19,22-23H2,1-2H3,(H,34,37). The van der Waals surface area contributed by atoms with Gasteiger partial charge in [-0.3, -0.25) is 4.79 Å². The first-order valence-electron chi connectivity index (χ1n) is 13.5. The van der Waals surface area contributed by atoms with Crippen molar-refractivity contribution < 1.29 is 14.3 Å². The highest BCUT2D eigenvalue weighted by molar-refractivity contribution is 5.83. The molecule has 0 unspecified atom stereocenters. The molecule has 1 amide bonds. The zero-order valence-corrected chi connectivity index (χ0v) is 22.7. The Morgan fingerprint density at radius 2 is 1.56 bits per heavy atom. The summed E-state index contributed by atoms with van der Waals surface area (Å²) in [6.07, 6.45) is 4.20. The number of methoxy groups -OCH3 is 2. The fourth-order valence-electron chi connectivity index (χ4n) is 5.06. The second kappa shape index (κ2) is 12.5. The molecule has 4 aromatic carbocycles. The lowest BCUT2D eigenvalue weighted by Crippen LogP contribution is -2.26. The monoisotopic (exact) mass is 521 g/mol. The van der Waals surface area contributed by atoms with E-state index in [9.17, 15) is 4.79 Å². The summed E-state index contributed by atoms with van der Waals surface area (Å²) in [5.74, 6) is 2.42. The Hall–Kier alpha value is -4.32. The maximum absolute atomic E-state index is 12.4. The van der Waals surface area contributed by atoms with E-state index in [2.05, 4.69) is 70.5 Å². The normalized spacial score (nSPS) is 11.1. The number of hydrogen-bond donors (Lipinski definition) is 1. The summed E-state index contributed by atoms with van der Waals surface area (Å²) < 4.78 is 13.0. The van der Waals surface area contributed by atoms with Crippen LogP contribution in [0.25, 0.3) is 21.8 Å². The third-order valence-electron chi connectivity index (χ3n) is 7.10. The molecule has 0 aliphatic rings. The molecule has 5 rings (SSSR count). The molecule has 0 fully saturated rings. The first kappa shape index (κ1) is 26.3. The number of carbonyl (C=O) groups excluding carboxylic acids is 1. The number of nitrogens with one attached hydrogen (secondary N) is 1. The Morgan fingerprint density at radius 1 is 0.795 bits per heavy atom. The predicted molar refractivity (Wildman–Crippen MR) is 157 cm³/mol. The molecule has 0 aliphatic carbocycles. The number of rotatable bonds is 12. The van der Waals surface area contributed by atoms with E-state index in [-0.39, 0.29) is 5.91 Å². The van der Waals surface area contributed by atoms with Gasteiger partial charge in [0.1, 0.15) is 5.82 Å². The van der Waals surface area contributed by atoms with Crippen molar-refractivity contribution in [3.63, 3.8) is 0 Å². The van der Waals surface area contributed by atoms with Gasteiger partial charge in [0.2, 0.25) is 5.91 Å². The van der Waals surface area contributed by atoms with E-state index in [0.717, 1.165) is 49.1 Å². The Kier molecular flexibility index (Phi) is 8.42. The van der Waals surface area contributed by atoms with Crippen LogP contribution in [-0.2, 0) is 24.2 Å². The maximum Gasteiger partial charge on any atom is 0.224 e. The average Bonchev–Trinajstić information content (AvgIpc) is 3.31. The Bertz CT molecular complexity index is 1570. The smallest absolute Gasteiger partial charge is 0.224 e. The molecule has 200 valence electrons. The molecule has 1 heterocycles. The Balaban J connectivity index is 1.14. The number of hydrogen-bond acceptors (Lipinski definition) is 4. The summed E-state index contributed by atoms with van der Waals surface area (Å²) in [5, 5.41) is 5.56. The first-order chi connectivity index (χ1) is 19.1. The van der Waals surface area contributed by atoms with Crippen molar-refractivity contribution in [1.29, 1.82) is 0 Å². The number of nitrogens with zero attached hydrogens (tertiary/aromatic N) is 2. The summed E-state index contributed by atoms with van der Waals surface area (Å²) in [6, 6.07) is 29.1. The second-order valence-electron chi connectivity index (χ2n) is 9.81. The number of imidazole rings is 1. The molecular formula is C33H35N3O3. The molecular weight excluding hydrogens is 486 g/mol. The van der Waals surface area contributed by atoms with Crippen LogP contribution >= 0.6 is 0 Å². The molecule has 0 spiro atoms. The van der Waals surface area contributed by atoms with E-state index in [1.165, 1.54) is 21.9 Å². The molecule has 0 bridgehead atoms. The summed E-state index contributed by atoms with van der Waals surface area (Å²) in [6.45, 7) is 1.46. The van der Waals surface area contributed by atoms with Gasteiger partial charge in [-0.2, -0.15) is 0 Å². The third-order valence-corrected chi connectivity index (χ3v) is 7.10. The van der Waals surface area contributed by atoms with E-state index < -0.39 is 0 Å². The SMILES string of the molecule is COc1ccc(CC(=O)NCCCCCc2nc3ccccc3n2Cc2ccc3ccccc3c2)cc1OC. The van der Waals surface area contributed by atoms with Crippen LogP contribution in [0.5, 0.6) is 11.5 Å². The highest BCUT2D eigenvalue weighted by Crippen LogP contribution is 2.27. The number of aryl methyl sites for hydroxylation is 1. The van der Waals surface area contributed by atoms with Gasteiger partial charge in [0, 0.05) is 19.5 Å². The van der Waals surface area contributed by atoms with Crippen LogP contribution in [0, 0.1) is 0 Å². The third kappa shape index (κ3) is 6.40. The zero-order chi connectivity index (χ0) is 27.0. The minimum Gasteiger partial charge on any atom is -0.493 e. The van der Waals surface area contributed by atoms with Crippen molar-refractivity contribution in [1.82, 2.24) is 14.9 Å². The van der Waals surface area contributed by atoms with Crippen LogP contribution in [0.2, 0.25) is 0 Å². The van der Waals surface area contributed by atoms with Crippen molar-refractivity contribution >= 4 is 27.7 Å². The van der Waals surface area contributed by atoms with E-state index in [1.807, 2.05) is 24.3 Å². The Labute approximate surface area is 229 Å². The molecule has 39 heavy (non-hydrogen) atoms. The summed E-state index contributed by atoms with van der Waals surface area (Å²) in [4.78, 5) is 17.4. The van der Waals surface area contributed by atoms with Crippen LogP contribution in [-0.4, -0.2) is 36.2 Å². The lowest BCUT2D eigenvalue weighted by molar-refractivity contribution is -0.120. The molecule has 0 saturated heterocycles. The van der Waals surface area contributed by atoms with E-state index >= 15 is 0 Å². The number of carbonyl (C=O) groups is 1. The van der Waals surface area contributed by atoms with Gasteiger partial charge in [-0.1, -0.05) is 61.0 Å². The predicted octanol–water partition coefficient (Wildman–Crippen LogP) is 6.33. The molecule has 1 aromatic heterocycles. The van der Waals surface area contributed by atoms with Crippen molar-refractivity contribution in [3.05, 3.63) is 102 Å². The first-order valence-corrected chi connectivity index (χ1v) is 13.5. The number of aromatic nitrogens is 2. The van der Waals surface area contributed by atoms with E-state index in [0.29, 0.717) is 24.5 Å². The van der Waals surface area contributed by atoms with Gasteiger partial charge in [-0.25, -0.2) is 4.98 Å². The average molecular weight is 522 g/mol. The van der Waals surface area contributed by atoms with Crippen LogP contribution in [0.4, 0.5) is 0 Å². The fraction of sp³-hybridized carbons (Fsp3) is 0.273. The highest BCUT2D eigenvalue weighted by atomic mass is 16.5. The molecule has 6 heteroatoms. The van der Waals surface area contributed by atoms with Crippen molar-refractivity contribution in [3.8, 4) is 11.5 Å². The van der Waals surface area contributed by atoms with E-state index in [1.54, 1.807) is 14.2 Å². The van der Waals surface area contributed by atoms with Gasteiger partial charge in [0.15, 0.2) is 11.5 Å². The highest BCUT2D eigenvalue weighted by Gasteiger charge is 2.12. The fourth-order valence-corrected chi connectivity index (χ4v) is 5.06. The number of unbranched alkanes of at least 4 members (excludes halogenated alkanes) is 2. The molecule has 1 N–H and O–H groups in total. The van der Waals surface area contributed by atoms with Gasteiger partial charge in [0.25, 0.3) is 0 Å². The van der Waals surface area contributed by atoms with Gasteiger partial charge in [-0.15, -0.1) is 0 Å². The van der Waals surface area contributed by atoms with Gasteiger partial charge in [0.05, 0.1) is 31.7 Å². The van der Waals surface area contributed by atoms with E-state index in [4.69, 9.17) is 14.5 Å². The number of benzene rings is 4. The molecule has 0 saturated carbocycles. The van der Waals surface area contributed by atoms with Crippen LogP contribution in [0.1, 0.15) is 36.2 Å². The number of fused-ring (bicyclic) bond motifs is 2. The number of ether oxygens (including phenoxy) is 2. The minimum atomic E-state index is 0.0133. The lowest BCUT2D eigenvalue weighted by atomic mass is 10.1. The largest absolute Gasteiger partial charge is 0.493 e. The number of amides is 1. The van der Waals surface area contributed by atoms with Crippen molar-refractivity contribution in [2.45, 2.75) is 38.6 Å². The van der Waals surface area contributed by atoms with Crippen molar-refractivity contribution in [2.24, 2.45) is 0 Å². The van der Waals surface area contributed by atoms with Crippen molar-refractivity contribution in [2.75, 3.05) is 20.8 Å². The zero-order valence-electron chi connectivity index (χ0n) is 22.7. The summed E-state index contributed by atoms with van der Waals surface area (Å²) in [5.41, 5.74) is 4.38. The molecule has 0 atom stereocenters. The van der Waals surface area contributed by atoms with Gasteiger partial charge in [-0.05, 0) is 65.1 Å². The second-order valence-corrected chi connectivity index (χ2v) is 9.81. The lowest BCUT2D eigenvalue weighted by Gasteiger charge is -2.11. The van der Waals surface area contributed by atoms with Crippen LogP contribution in [0.15, 0.2) is 84.9 Å². The number of para-hydroxylation sites is 2. The molecule has 6 nitrogen and oxygen atoms in total. The molecule has 5 aromatic rings. The Morgan fingerprint density at radius 3 is 2.41 bits per heavy atom. The topological polar surface area (TPSA) is 65.4 Å². The van der Waals surface area contributed by atoms with Gasteiger partial charge < -0.3 is 19.4 Å². The van der Waals surface area contributed by atoms with Crippen LogP contribution in [0.3, 0.4) is 0 Å². The molecule has 0 aliphatic heterocycles. The summed E-state index contributed by atoms with van der Waals surface area (Å²) >= 11 is 0. The van der Waals surface area contributed by atoms with Crippen LogP contribution < -0.4 is 14.8 Å². The summed E-state index contributed by atoms with van der Waals surface area (Å²) in [7, 11) is 3.20. The molecule has 0 radical (unpaired) electrons. The maximum atomic E-state index is 12.4. The minimum absolute atomic E-state index is 0.0133. The van der Waals surface area contributed by atoms with Gasteiger partial charge >= 0.3 is 0 Å².